The van der Waals surface area contributed by atoms with E-state index in [0.717, 1.165) is 5.69 Å². The molecule has 0 aromatic carbocycles. The molecule has 3 aromatic rings. The fraction of sp³-hybridized carbons (Fsp3) is 0.222. The van der Waals surface area contributed by atoms with E-state index in [-0.39, 0.29) is 11.5 Å². The van der Waals surface area contributed by atoms with Gasteiger partial charge in [-0.1, -0.05) is 0 Å². The Labute approximate surface area is 149 Å². The van der Waals surface area contributed by atoms with Gasteiger partial charge in [0.15, 0.2) is 5.82 Å². The van der Waals surface area contributed by atoms with Crippen molar-refractivity contribution >= 4 is 5.91 Å². The van der Waals surface area contributed by atoms with Crippen molar-refractivity contribution in [3.05, 3.63) is 58.3 Å². The van der Waals surface area contributed by atoms with Gasteiger partial charge in [-0.05, 0) is 37.6 Å². The van der Waals surface area contributed by atoms with Gasteiger partial charge in [-0.15, -0.1) is 0 Å². The summed E-state index contributed by atoms with van der Waals surface area (Å²) in [4.78, 5) is 33.0. The standard InChI is InChI=1S/C18H19N5O3/c1-4-19-17(24)12-5-6-15(20-9-12)23-18(25)14(10-21-23)13-7-11(2)22-16(8-13)26-3/h5-10,21H,4H2,1-3H3,(H,19,24). The second kappa shape index (κ2) is 7.22. The zero-order chi connectivity index (χ0) is 18.7. The average Bonchev–Trinajstić information content (AvgIpc) is 3.03. The number of amides is 1. The molecule has 3 heterocycles. The topological polar surface area (TPSA) is 102 Å². The SMILES string of the molecule is CCNC(=O)c1ccc(-n2[nH]cc(-c3cc(C)nc(OC)c3)c2=O)nc1. The van der Waals surface area contributed by atoms with Gasteiger partial charge in [-0.3, -0.25) is 14.7 Å². The minimum Gasteiger partial charge on any atom is -0.481 e. The van der Waals surface area contributed by atoms with Crippen molar-refractivity contribution in [1.29, 1.82) is 0 Å². The molecular formula is C18H19N5O3. The molecular weight excluding hydrogens is 334 g/mol. The van der Waals surface area contributed by atoms with E-state index in [1.165, 1.54) is 18.0 Å². The lowest BCUT2D eigenvalue weighted by Crippen LogP contribution is -2.23. The van der Waals surface area contributed by atoms with Gasteiger partial charge in [0.2, 0.25) is 5.88 Å². The summed E-state index contributed by atoms with van der Waals surface area (Å²) in [5.74, 6) is 0.633. The normalized spacial score (nSPS) is 10.6. The number of H-pyrrole nitrogens is 1. The number of hydrogen-bond donors (Lipinski definition) is 2. The van der Waals surface area contributed by atoms with Crippen LogP contribution in [0, 0.1) is 6.92 Å². The molecule has 8 nitrogen and oxygen atoms in total. The quantitative estimate of drug-likeness (QED) is 0.727. The third kappa shape index (κ3) is 3.34. The first-order valence-electron chi connectivity index (χ1n) is 8.11. The Kier molecular flexibility index (Phi) is 4.83. The predicted octanol–water partition coefficient (Wildman–Crippen LogP) is 1.69. The Hall–Kier alpha value is -3.42. The van der Waals surface area contributed by atoms with E-state index in [0.29, 0.717) is 34.9 Å². The second-order valence-electron chi connectivity index (χ2n) is 5.63. The van der Waals surface area contributed by atoms with Crippen LogP contribution in [0.25, 0.3) is 16.9 Å². The lowest BCUT2D eigenvalue weighted by molar-refractivity contribution is 0.0955. The van der Waals surface area contributed by atoms with Crippen molar-refractivity contribution < 1.29 is 9.53 Å². The van der Waals surface area contributed by atoms with Crippen LogP contribution < -0.4 is 15.6 Å². The molecule has 0 radical (unpaired) electrons. The summed E-state index contributed by atoms with van der Waals surface area (Å²) in [5, 5.41) is 5.60. The molecule has 134 valence electrons. The van der Waals surface area contributed by atoms with E-state index < -0.39 is 0 Å². The molecule has 1 amide bonds. The van der Waals surface area contributed by atoms with Gasteiger partial charge in [0.05, 0.1) is 18.2 Å². The maximum absolute atomic E-state index is 12.8. The third-order valence-corrected chi connectivity index (χ3v) is 3.80. The van der Waals surface area contributed by atoms with E-state index in [1.807, 2.05) is 19.9 Å². The van der Waals surface area contributed by atoms with Gasteiger partial charge in [-0.2, -0.15) is 0 Å². The number of aryl methyl sites for hydroxylation is 1. The Balaban J connectivity index is 1.96. The van der Waals surface area contributed by atoms with Crippen LogP contribution in [0.3, 0.4) is 0 Å². The molecule has 0 spiro atoms. The molecule has 0 unspecified atom stereocenters. The van der Waals surface area contributed by atoms with Crippen LogP contribution in [0.15, 0.2) is 41.5 Å². The molecule has 0 fully saturated rings. The number of nitrogens with zero attached hydrogens (tertiary/aromatic N) is 3. The molecule has 0 aliphatic heterocycles. The number of nitrogens with one attached hydrogen (secondary N) is 2. The molecule has 0 atom stereocenters. The van der Waals surface area contributed by atoms with Crippen LogP contribution >= 0.6 is 0 Å². The highest BCUT2D eigenvalue weighted by Crippen LogP contribution is 2.21. The van der Waals surface area contributed by atoms with Crippen LogP contribution in [0.4, 0.5) is 0 Å². The van der Waals surface area contributed by atoms with Crippen molar-refractivity contribution in [1.82, 2.24) is 25.1 Å². The number of aromatic nitrogens is 4. The van der Waals surface area contributed by atoms with E-state index in [4.69, 9.17) is 4.74 Å². The number of methoxy groups -OCH3 is 1. The summed E-state index contributed by atoms with van der Waals surface area (Å²) < 4.78 is 6.48. The Morgan fingerprint density at radius 1 is 1.35 bits per heavy atom. The van der Waals surface area contributed by atoms with Crippen molar-refractivity contribution in [3.63, 3.8) is 0 Å². The number of aromatic amines is 1. The lowest BCUT2D eigenvalue weighted by Gasteiger charge is -2.04. The summed E-state index contributed by atoms with van der Waals surface area (Å²) in [5.41, 5.74) is 2.11. The molecule has 0 aliphatic carbocycles. The fourth-order valence-corrected chi connectivity index (χ4v) is 2.56. The second-order valence-corrected chi connectivity index (χ2v) is 5.63. The van der Waals surface area contributed by atoms with Crippen LogP contribution in [-0.4, -0.2) is 39.3 Å². The van der Waals surface area contributed by atoms with Crippen LogP contribution in [0.5, 0.6) is 5.88 Å². The molecule has 0 saturated heterocycles. The minimum atomic E-state index is -0.254. The van der Waals surface area contributed by atoms with Crippen molar-refractivity contribution in [2.45, 2.75) is 13.8 Å². The van der Waals surface area contributed by atoms with Gasteiger partial charge in [0.1, 0.15) is 0 Å². The Morgan fingerprint density at radius 2 is 2.15 bits per heavy atom. The minimum absolute atomic E-state index is 0.203. The average molecular weight is 353 g/mol. The van der Waals surface area contributed by atoms with Crippen LogP contribution in [-0.2, 0) is 0 Å². The number of pyridine rings is 2. The number of rotatable bonds is 5. The highest BCUT2D eigenvalue weighted by atomic mass is 16.5. The van der Waals surface area contributed by atoms with Crippen LogP contribution in [0.1, 0.15) is 23.0 Å². The summed E-state index contributed by atoms with van der Waals surface area (Å²) in [7, 11) is 1.53. The van der Waals surface area contributed by atoms with E-state index in [1.54, 1.807) is 24.4 Å². The summed E-state index contributed by atoms with van der Waals surface area (Å²) >= 11 is 0. The highest BCUT2D eigenvalue weighted by molar-refractivity contribution is 5.93. The Morgan fingerprint density at radius 3 is 2.81 bits per heavy atom. The molecule has 8 heteroatoms. The third-order valence-electron chi connectivity index (χ3n) is 3.80. The number of carbonyl (C=O) groups is 1. The lowest BCUT2D eigenvalue weighted by atomic mass is 10.1. The number of ether oxygens (including phenoxy) is 1. The van der Waals surface area contributed by atoms with Gasteiger partial charge in [0, 0.05) is 30.7 Å². The van der Waals surface area contributed by atoms with Gasteiger partial charge < -0.3 is 10.1 Å². The molecule has 3 rings (SSSR count). The van der Waals surface area contributed by atoms with Crippen LogP contribution in [0.2, 0.25) is 0 Å². The van der Waals surface area contributed by atoms with Gasteiger partial charge >= 0.3 is 0 Å². The predicted molar refractivity (Wildman–Crippen MR) is 96.7 cm³/mol. The molecule has 26 heavy (non-hydrogen) atoms. The van der Waals surface area contributed by atoms with E-state index in [9.17, 15) is 9.59 Å². The van der Waals surface area contributed by atoms with Gasteiger partial charge in [-0.25, -0.2) is 14.6 Å². The van der Waals surface area contributed by atoms with E-state index >= 15 is 0 Å². The summed E-state index contributed by atoms with van der Waals surface area (Å²) in [6, 6.07) is 6.75. The zero-order valence-corrected chi connectivity index (χ0v) is 14.7. The van der Waals surface area contributed by atoms with Crippen molar-refractivity contribution in [3.8, 4) is 22.8 Å². The zero-order valence-electron chi connectivity index (χ0n) is 14.7. The maximum atomic E-state index is 12.8. The first kappa shape index (κ1) is 17.4. The molecule has 0 saturated carbocycles. The van der Waals surface area contributed by atoms with Crippen molar-refractivity contribution in [2.75, 3.05) is 13.7 Å². The maximum Gasteiger partial charge on any atom is 0.280 e. The number of carbonyl (C=O) groups excluding carboxylic acids is 1. The molecule has 3 aromatic heterocycles. The van der Waals surface area contributed by atoms with Crippen molar-refractivity contribution in [2.24, 2.45) is 0 Å². The Bertz CT molecular complexity index is 989. The smallest absolute Gasteiger partial charge is 0.280 e. The highest BCUT2D eigenvalue weighted by Gasteiger charge is 2.13. The number of hydrogen-bond acceptors (Lipinski definition) is 5. The molecule has 0 bridgehead atoms. The first-order valence-corrected chi connectivity index (χ1v) is 8.11. The monoisotopic (exact) mass is 353 g/mol. The van der Waals surface area contributed by atoms with E-state index in [2.05, 4.69) is 20.4 Å². The van der Waals surface area contributed by atoms with Gasteiger partial charge in [0.25, 0.3) is 11.5 Å². The summed E-state index contributed by atoms with van der Waals surface area (Å²) in [6.07, 6.45) is 3.04. The molecule has 0 aliphatic rings. The molecule has 2 N–H and O–H groups in total. The first-order chi connectivity index (χ1) is 12.5. The fourth-order valence-electron chi connectivity index (χ4n) is 2.56. The largest absolute Gasteiger partial charge is 0.481 e. The summed E-state index contributed by atoms with van der Waals surface area (Å²) in [6.45, 7) is 4.21.